The molecule has 0 spiro atoms. The Hall–Kier alpha value is -1.74. The predicted molar refractivity (Wildman–Crippen MR) is 58.3 cm³/mol. The van der Waals surface area contributed by atoms with Gasteiger partial charge >= 0.3 is 0 Å². The summed E-state index contributed by atoms with van der Waals surface area (Å²) in [5, 5.41) is 0. The van der Waals surface area contributed by atoms with Crippen LogP contribution in [0.4, 0.5) is 0 Å². The van der Waals surface area contributed by atoms with Gasteiger partial charge in [-0.2, -0.15) is 0 Å². The topological polar surface area (TPSA) is 0 Å². The van der Waals surface area contributed by atoms with Crippen LogP contribution in [0.5, 0.6) is 0 Å². The Balaban J connectivity index is 3.17. The maximum Gasteiger partial charge on any atom is 0.0277 e. The minimum atomic E-state index is 0.950. The summed E-state index contributed by atoms with van der Waals surface area (Å²) in [5.41, 5.74) is 3.24. The van der Waals surface area contributed by atoms with E-state index in [1.807, 2.05) is 37.3 Å². The van der Waals surface area contributed by atoms with Gasteiger partial charge in [-0.05, 0) is 24.1 Å². The lowest BCUT2D eigenvalue weighted by molar-refractivity contribution is 1.41. The van der Waals surface area contributed by atoms with Crippen LogP contribution in [0.2, 0.25) is 0 Å². The molecule has 0 radical (unpaired) electrons. The van der Waals surface area contributed by atoms with Crippen LogP contribution in [-0.4, -0.2) is 0 Å². The van der Waals surface area contributed by atoms with Crippen LogP contribution >= 0.6 is 0 Å². The molecule has 0 heterocycles. The molecule has 64 valence electrons. The molecule has 0 heteroatoms. The molecular weight excluding hydrogens is 156 g/mol. The Morgan fingerprint density at radius 1 is 1.46 bits per heavy atom. The molecule has 0 saturated heterocycles. The summed E-state index contributed by atoms with van der Waals surface area (Å²) >= 11 is 0. The quantitative estimate of drug-likeness (QED) is 0.470. The molecule has 0 nitrogen and oxygen atoms in total. The highest BCUT2D eigenvalue weighted by molar-refractivity contribution is 5.59. The molecule has 0 amide bonds. The van der Waals surface area contributed by atoms with Crippen molar-refractivity contribution in [2.75, 3.05) is 0 Å². The zero-order valence-corrected chi connectivity index (χ0v) is 7.75. The lowest BCUT2D eigenvalue weighted by Crippen LogP contribution is -1.85. The van der Waals surface area contributed by atoms with E-state index in [2.05, 4.69) is 12.5 Å². The Morgan fingerprint density at radius 2 is 2.23 bits per heavy atom. The van der Waals surface area contributed by atoms with Crippen molar-refractivity contribution in [3.63, 3.8) is 0 Å². The summed E-state index contributed by atoms with van der Waals surface area (Å²) < 4.78 is 0. The molecule has 0 N–H and O–H groups in total. The van der Waals surface area contributed by atoms with Crippen molar-refractivity contribution in [2.24, 2.45) is 0 Å². The maximum absolute atomic E-state index is 5.35. The van der Waals surface area contributed by atoms with Gasteiger partial charge in [0.15, 0.2) is 0 Å². The van der Waals surface area contributed by atoms with Crippen molar-refractivity contribution in [3.05, 3.63) is 53.6 Å². The number of terminal acetylenes is 1. The highest BCUT2D eigenvalue weighted by Gasteiger charge is 1.97. The molecule has 0 bridgehead atoms. The Bertz CT molecular complexity index is 376. The molecule has 1 aromatic carbocycles. The van der Waals surface area contributed by atoms with Gasteiger partial charge in [0.1, 0.15) is 0 Å². The Morgan fingerprint density at radius 3 is 2.85 bits per heavy atom. The van der Waals surface area contributed by atoms with Crippen molar-refractivity contribution in [3.8, 4) is 12.3 Å². The van der Waals surface area contributed by atoms with E-state index in [9.17, 15) is 0 Å². The van der Waals surface area contributed by atoms with E-state index in [0.29, 0.717) is 0 Å². The van der Waals surface area contributed by atoms with Gasteiger partial charge in [0.05, 0.1) is 0 Å². The third-order valence-electron chi connectivity index (χ3n) is 1.94. The highest BCUT2D eigenvalue weighted by Crippen LogP contribution is 2.14. The standard InChI is InChI=1S/C13H12/c1-4-6-8-13-10-7-9-12(5-2)11(13)3/h2,4,6-10H,1H2,3H3/b8-6-. The summed E-state index contributed by atoms with van der Waals surface area (Å²) in [6, 6.07) is 5.95. The molecule has 0 aliphatic rings. The molecular formula is C13H12. The van der Waals surface area contributed by atoms with Crippen molar-refractivity contribution in [1.82, 2.24) is 0 Å². The van der Waals surface area contributed by atoms with Crippen molar-refractivity contribution < 1.29 is 0 Å². The van der Waals surface area contributed by atoms with Crippen LogP contribution in [0.3, 0.4) is 0 Å². The maximum atomic E-state index is 5.35. The summed E-state index contributed by atoms with van der Waals surface area (Å²) in [6.45, 7) is 5.65. The first-order valence-corrected chi connectivity index (χ1v) is 4.15. The largest absolute Gasteiger partial charge is 0.115 e. The minimum Gasteiger partial charge on any atom is -0.115 e. The van der Waals surface area contributed by atoms with Gasteiger partial charge < -0.3 is 0 Å². The predicted octanol–water partition coefficient (Wildman–Crippen LogP) is 3.18. The number of hydrogen-bond acceptors (Lipinski definition) is 0. The molecule has 0 saturated carbocycles. The first kappa shape index (κ1) is 9.35. The van der Waals surface area contributed by atoms with Gasteiger partial charge in [0.25, 0.3) is 0 Å². The van der Waals surface area contributed by atoms with Gasteiger partial charge in [-0.1, -0.05) is 42.9 Å². The normalized spacial score (nSPS) is 9.85. The first-order valence-electron chi connectivity index (χ1n) is 4.15. The molecule has 0 aromatic heterocycles. The average Bonchev–Trinajstić information content (AvgIpc) is 2.16. The van der Waals surface area contributed by atoms with Gasteiger partial charge in [-0.15, -0.1) is 6.42 Å². The zero-order valence-electron chi connectivity index (χ0n) is 7.75. The highest BCUT2D eigenvalue weighted by atomic mass is 14.0. The van der Waals surface area contributed by atoms with Gasteiger partial charge in [0.2, 0.25) is 0 Å². The fraction of sp³-hybridized carbons (Fsp3) is 0.0769. The average molecular weight is 168 g/mol. The summed E-state index contributed by atoms with van der Waals surface area (Å²) in [5.74, 6) is 2.65. The molecule has 0 aliphatic heterocycles. The van der Waals surface area contributed by atoms with E-state index < -0.39 is 0 Å². The lowest BCUT2D eigenvalue weighted by Gasteiger charge is -2.01. The minimum absolute atomic E-state index is 0.950. The van der Waals surface area contributed by atoms with Crippen LogP contribution in [0.1, 0.15) is 16.7 Å². The summed E-state index contributed by atoms with van der Waals surface area (Å²) in [4.78, 5) is 0. The third-order valence-corrected chi connectivity index (χ3v) is 1.94. The van der Waals surface area contributed by atoms with E-state index in [0.717, 1.165) is 16.7 Å². The van der Waals surface area contributed by atoms with Crippen molar-refractivity contribution in [1.29, 1.82) is 0 Å². The SMILES string of the molecule is C#Cc1cccc(/C=C\C=C)c1C. The Kier molecular flexibility index (Phi) is 3.11. The molecule has 0 fully saturated rings. The smallest absolute Gasteiger partial charge is 0.0277 e. The summed E-state index contributed by atoms with van der Waals surface area (Å²) in [6.07, 6.45) is 11.0. The van der Waals surface area contributed by atoms with E-state index in [4.69, 9.17) is 6.42 Å². The second-order valence-corrected chi connectivity index (χ2v) is 2.76. The fourth-order valence-corrected chi connectivity index (χ4v) is 1.16. The van der Waals surface area contributed by atoms with Crippen LogP contribution in [0.15, 0.2) is 36.9 Å². The summed E-state index contributed by atoms with van der Waals surface area (Å²) in [7, 11) is 0. The van der Waals surface area contributed by atoms with Gasteiger partial charge in [-0.25, -0.2) is 0 Å². The number of allylic oxidation sites excluding steroid dienone is 2. The lowest BCUT2D eigenvalue weighted by atomic mass is 10.0. The number of benzene rings is 1. The van der Waals surface area contributed by atoms with Gasteiger partial charge in [-0.3, -0.25) is 0 Å². The van der Waals surface area contributed by atoms with Gasteiger partial charge in [0, 0.05) is 5.56 Å². The number of rotatable bonds is 2. The molecule has 13 heavy (non-hydrogen) atoms. The number of hydrogen-bond donors (Lipinski definition) is 0. The third kappa shape index (κ3) is 2.10. The monoisotopic (exact) mass is 168 g/mol. The van der Waals surface area contributed by atoms with Crippen molar-refractivity contribution >= 4 is 6.08 Å². The molecule has 0 aliphatic carbocycles. The van der Waals surface area contributed by atoms with E-state index in [-0.39, 0.29) is 0 Å². The molecule has 0 unspecified atom stereocenters. The zero-order chi connectivity index (χ0) is 9.68. The second-order valence-electron chi connectivity index (χ2n) is 2.76. The van der Waals surface area contributed by atoms with Crippen LogP contribution in [0.25, 0.3) is 6.08 Å². The van der Waals surface area contributed by atoms with Crippen LogP contribution in [-0.2, 0) is 0 Å². The fourth-order valence-electron chi connectivity index (χ4n) is 1.16. The van der Waals surface area contributed by atoms with Crippen LogP contribution in [0, 0.1) is 19.3 Å². The van der Waals surface area contributed by atoms with E-state index in [1.54, 1.807) is 6.08 Å². The van der Waals surface area contributed by atoms with Crippen LogP contribution < -0.4 is 0 Å². The molecule has 1 rings (SSSR count). The molecule has 1 aromatic rings. The van der Waals surface area contributed by atoms with E-state index >= 15 is 0 Å². The molecule has 0 atom stereocenters. The van der Waals surface area contributed by atoms with E-state index in [1.165, 1.54) is 0 Å². The van der Waals surface area contributed by atoms with Crippen molar-refractivity contribution in [2.45, 2.75) is 6.92 Å². The second kappa shape index (κ2) is 4.33. The Labute approximate surface area is 79.6 Å². The first-order chi connectivity index (χ1) is 6.29.